The number of phenolic OH excluding ortho intramolecular Hbond substituents is 1. The minimum absolute atomic E-state index is 0.0612. The number of carbonyl (C=O) groups excluding carboxylic acids is 1. The van der Waals surface area contributed by atoms with Crippen LogP contribution in [0.3, 0.4) is 0 Å². The topological polar surface area (TPSA) is 106 Å². The maximum Gasteiger partial charge on any atom is 0.229 e. The van der Waals surface area contributed by atoms with Gasteiger partial charge in [0.25, 0.3) is 0 Å². The summed E-state index contributed by atoms with van der Waals surface area (Å²) < 4.78 is 5.73. The van der Waals surface area contributed by atoms with Gasteiger partial charge in [-0.2, -0.15) is 4.98 Å². The number of anilines is 4. The van der Waals surface area contributed by atoms with Crippen LogP contribution in [0.1, 0.15) is 23.2 Å². The maximum atomic E-state index is 11.3. The molecule has 206 valence electrons. The number of likely N-dealkylation sites (N-methyl/N-ethyl adjacent to an activating group) is 1. The van der Waals surface area contributed by atoms with Crippen molar-refractivity contribution in [1.29, 1.82) is 0 Å². The van der Waals surface area contributed by atoms with E-state index < -0.39 is 0 Å². The van der Waals surface area contributed by atoms with Crippen LogP contribution in [0, 0.1) is 0 Å². The van der Waals surface area contributed by atoms with Crippen LogP contribution in [0.4, 0.5) is 23.1 Å². The Morgan fingerprint density at radius 3 is 2.51 bits per heavy atom. The van der Waals surface area contributed by atoms with Gasteiger partial charge in [-0.05, 0) is 49.7 Å². The van der Waals surface area contributed by atoms with Gasteiger partial charge in [0.2, 0.25) is 5.95 Å². The highest BCUT2D eigenvalue weighted by Crippen LogP contribution is 2.34. The summed E-state index contributed by atoms with van der Waals surface area (Å²) >= 11 is 0. The molecule has 0 atom stereocenters. The third-order valence-electron chi connectivity index (χ3n) is 7.81. The van der Waals surface area contributed by atoms with Crippen LogP contribution in [-0.4, -0.2) is 97.7 Å². The third-order valence-corrected chi connectivity index (χ3v) is 7.81. The zero-order chi connectivity index (χ0) is 27.4. The molecular formula is C29H37N7O3. The summed E-state index contributed by atoms with van der Waals surface area (Å²) in [4.78, 5) is 27.9. The number of rotatable bonds is 8. The minimum atomic E-state index is -0.0612. The molecule has 2 saturated heterocycles. The van der Waals surface area contributed by atoms with E-state index in [1.807, 2.05) is 6.07 Å². The molecule has 39 heavy (non-hydrogen) atoms. The first kappa shape index (κ1) is 26.7. The summed E-state index contributed by atoms with van der Waals surface area (Å²) in [6.07, 6.45) is 4.66. The number of piperidine rings is 1. The van der Waals surface area contributed by atoms with Crippen LogP contribution in [-0.2, 0) is 0 Å². The van der Waals surface area contributed by atoms with Gasteiger partial charge in [0, 0.05) is 75.9 Å². The van der Waals surface area contributed by atoms with Gasteiger partial charge < -0.3 is 30.3 Å². The lowest BCUT2D eigenvalue weighted by Crippen LogP contribution is -2.52. The van der Waals surface area contributed by atoms with Crippen molar-refractivity contribution in [3.63, 3.8) is 0 Å². The number of methoxy groups -OCH3 is 1. The van der Waals surface area contributed by atoms with Gasteiger partial charge >= 0.3 is 0 Å². The Balaban J connectivity index is 1.28. The second-order valence-electron chi connectivity index (χ2n) is 10.2. The highest BCUT2D eigenvalue weighted by Gasteiger charge is 2.27. The van der Waals surface area contributed by atoms with E-state index in [4.69, 9.17) is 4.74 Å². The monoisotopic (exact) mass is 531 g/mol. The molecule has 2 aliphatic heterocycles. The molecule has 3 N–H and O–H groups in total. The minimum Gasteiger partial charge on any atom is -0.507 e. The normalized spacial score (nSPS) is 17.2. The Morgan fingerprint density at radius 1 is 1.05 bits per heavy atom. The summed E-state index contributed by atoms with van der Waals surface area (Å²) in [5.74, 6) is 1.67. The number of nitrogens with zero attached hydrogens (tertiary/aromatic N) is 5. The summed E-state index contributed by atoms with van der Waals surface area (Å²) in [6.45, 7) is 6.72. The summed E-state index contributed by atoms with van der Waals surface area (Å²) in [5.41, 5.74) is 3.58. The average molecular weight is 532 g/mol. The molecule has 2 aromatic carbocycles. The number of carbonyl (C=O) groups is 1. The zero-order valence-corrected chi connectivity index (χ0v) is 22.9. The van der Waals surface area contributed by atoms with Crippen LogP contribution < -0.4 is 20.3 Å². The fourth-order valence-electron chi connectivity index (χ4n) is 5.44. The first-order chi connectivity index (χ1) is 19.0. The summed E-state index contributed by atoms with van der Waals surface area (Å²) in [5, 5.41) is 16.2. The van der Waals surface area contributed by atoms with Crippen LogP contribution in [0.2, 0.25) is 0 Å². The fraction of sp³-hybridized carbons (Fsp3) is 0.414. The van der Waals surface area contributed by atoms with Crippen LogP contribution >= 0.6 is 0 Å². The van der Waals surface area contributed by atoms with Crippen molar-refractivity contribution in [1.82, 2.24) is 19.8 Å². The Labute approximate surface area is 229 Å². The van der Waals surface area contributed by atoms with E-state index in [0.29, 0.717) is 29.7 Å². The molecule has 2 fully saturated rings. The molecule has 0 amide bonds. The molecule has 10 heteroatoms. The van der Waals surface area contributed by atoms with Crippen LogP contribution in [0.25, 0.3) is 11.1 Å². The number of aldehydes is 1. The zero-order valence-electron chi connectivity index (χ0n) is 22.9. The molecular weight excluding hydrogens is 494 g/mol. The van der Waals surface area contributed by atoms with E-state index in [2.05, 4.69) is 54.5 Å². The number of phenols is 1. The van der Waals surface area contributed by atoms with E-state index >= 15 is 0 Å². The largest absolute Gasteiger partial charge is 0.507 e. The van der Waals surface area contributed by atoms with Crippen molar-refractivity contribution in [3.8, 4) is 22.6 Å². The lowest BCUT2D eigenvalue weighted by atomic mass is 10.0. The molecule has 0 spiro atoms. The first-order valence-electron chi connectivity index (χ1n) is 13.4. The van der Waals surface area contributed by atoms with Gasteiger partial charge in [0.1, 0.15) is 17.3 Å². The van der Waals surface area contributed by atoms with Gasteiger partial charge in [0.15, 0.2) is 6.29 Å². The highest BCUT2D eigenvalue weighted by molar-refractivity contribution is 5.85. The van der Waals surface area contributed by atoms with E-state index in [0.717, 1.165) is 48.9 Å². The lowest BCUT2D eigenvalue weighted by molar-refractivity contribution is 0.0982. The number of benzene rings is 2. The van der Waals surface area contributed by atoms with Gasteiger partial charge in [-0.3, -0.25) is 9.69 Å². The first-order valence-corrected chi connectivity index (χ1v) is 13.4. The van der Waals surface area contributed by atoms with Crippen molar-refractivity contribution >= 4 is 29.4 Å². The third kappa shape index (κ3) is 5.91. The SMILES string of the molecule is CNc1nc(Nc2ccc(N3CCC(N4CCN(C)CC4)CC3)cc2OC)ncc1-c1ccc(O)c(C=O)c1. The molecule has 0 unspecified atom stereocenters. The van der Waals surface area contributed by atoms with Crippen molar-refractivity contribution in [2.45, 2.75) is 18.9 Å². The summed E-state index contributed by atoms with van der Waals surface area (Å²) in [7, 11) is 5.65. The number of hydrogen-bond donors (Lipinski definition) is 3. The van der Waals surface area contributed by atoms with Crippen LogP contribution in [0.15, 0.2) is 42.6 Å². The summed E-state index contributed by atoms with van der Waals surface area (Å²) in [6, 6.07) is 11.7. The Hall–Kier alpha value is -3.89. The molecule has 3 aromatic rings. The maximum absolute atomic E-state index is 11.3. The number of nitrogens with one attached hydrogen (secondary N) is 2. The van der Waals surface area contributed by atoms with E-state index in [1.165, 1.54) is 32.0 Å². The van der Waals surface area contributed by atoms with E-state index in [1.54, 1.807) is 32.5 Å². The predicted molar refractivity (Wildman–Crippen MR) is 155 cm³/mol. The van der Waals surface area contributed by atoms with Crippen molar-refractivity contribution in [2.24, 2.45) is 0 Å². The molecule has 0 aliphatic carbocycles. The molecule has 5 rings (SSSR count). The quantitative estimate of drug-likeness (QED) is 0.373. The molecule has 3 heterocycles. The number of piperazine rings is 1. The second kappa shape index (κ2) is 11.9. The van der Waals surface area contributed by atoms with E-state index in [-0.39, 0.29) is 11.3 Å². The van der Waals surface area contributed by atoms with Gasteiger partial charge in [-0.25, -0.2) is 4.98 Å². The molecule has 10 nitrogen and oxygen atoms in total. The Bertz CT molecular complexity index is 1300. The molecule has 0 saturated carbocycles. The van der Waals surface area contributed by atoms with Crippen molar-refractivity contribution < 1.29 is 14.6 Å². The number of aromatic nitrogens is 2. The number of hydrogen-bond acceptors (Lipinski definition) is 10. The Kier molecular flexibility index (Phi) is 8.13. The number of aromatic hydroxyl groups is 1. The van der Waals surface area contributed by atoms with Crippen molar-refractivity contribution in [3.05, 3.63) is 48.2 Å². The second-order valence-corrected chi connectivity index (χ2v) is 10.2. The smallest absolute Gasteiger partial charge is 0.229 e. The molecule has 0 radical (unpaired) electrons. The Morgan fingerprint density at radius 2 is 1.82 bits per heavy atom. The standard InChI is InChI=1S/C29H37N7O3/c1-30-28-24(20-4-7-26(38)21(16-20)19-37)18-31-29(33-28)32-25-6-5-23(17-27(25)39-3)35-10-8-22(9-11-35)36-14-12-34(2)13-15-36/h4-7,16-19,22,38H,8-15H2,1-3H3,(H2,30,31,32,33). The predicted octanol–water partition coefficient (Wildman–Crippen LogP) is 3.67. The molecule has 2 aliphatic rings. The molecule has 1 aromatic heterocycles. The fourth-order valence-corrected chi connectivity index (χ4v) is 5.44. The number of ether oxygens (including phenoxy) is 1. The molecule has 0 bridgehead atoms. The van der Waals surface area contributed by atoms with Gasteiger partial charge in [-0.1, -0.05) is 6.07 Å². The van der Waals surface area contributed by atoms with Crippen molar-refractivity contribution in [2.75, 3.05) is 76.0 Å². The lowest BCUT2D eigenvalue weighted by Gasteiger charge is -2.42. The highest BCUT2D eigenvalue weighted by atomic mass is 16.5. The van der Waals surface area contributed by atoms with E-state index in [9.17, 15) is 9.90 Å². The van der Waals surface area contributed by atoms with Gasteiger partial charge in [0.05, 0.1) is 18.4 Å². The van der Waals surface area contributed by atoms with Gasteiger partial charge in [-0.15, -0.1) is 0 Å². The van der Waals surface area contributed by atoms with Crippen LogP contribution in [0.5, 0.6) is 11.5 Å². The average Bonchev–Trinajstić information content (AvgIpc) is 2.98.